The summed E-state index contributed by atoms with van der Waals surface area (Å²) in [6, 6.07) is 0.833. The van der Waals surface area contributed by atoms with E-state index in [1.807, 2.05) is 11.7 Å². The number of piperidine rings is 1. The zero-order valence-electron chi connectivity index (χ0n) is 10.5. The van der Waals surface area contributed by atoms with Gasteiger partial charge < -0.3 is 10.5 Å². The summed E-state index contributed by atoms with van der Waals surface area (Å²) in [6.45, 7) is 3.99. The van der Waals surface area contributed by atoms with Crippen molar-refractivity contribution in [1.29, 1.82) is 0 Å². The maximum Gasteiger partial charge on any atom is 0.0794 e. The standard InChI is InChI=1S/C12H21N3OS/c1-9(12-7-14-8-17-12)15-4-3-11(16-2)5-10(15)6-13/h7-11H,3-6,13H2,1-2H3. The van der Waals surface area contributed by atoms with Gasteiger partial charge in [-0.3, -0.25) is 9.88 Å². The number of aromatic nitrogens is 1. The average molecular weight is 255 g/mol. The van der Waals surface area contributed by atoms with Crippen molar-refractivity contribution < 1.29 is 4.74 Å². The Morgan fingerprint density at radius 2 is 2.53 bits per heavy atom. The number of thiazole rings is 1. The fourth-order valence-corrected chi connectivity index (χ4v) is 3.28. The number of hydrogen-bond acceptors (Lipinski definition) is 5. The molecular weight excluding hydrogens is 234 g/mol. The summed E-state index contributed by atoms with van der Waals surface area (Å²) in [5, 5.41) is 0. The second-order valence-electron chi connectivity index (χ2n) is 4.59. The van der Waals surface area contributed by atoms with Crippen LogP contribution in [0.1, 0.15) is 30.7 Å². The van der Waals surface area contributed by atoms with Gasteiger partial charge in [-0.25, -0.2) is 0 Å². The summed E-state index contributed by atoms with van der Waals surface area (Å²) in [7, 11) is 1.79. The summed E-state index contributed by atoms with van der Waals surface area (Å²) >= 11 is 1.72. The fraction of sp³-hybridized carbons (Fsp3) is 0.750. The van der Waals surface area contributed by atoms with Crippen molar-refractivity contribution in [1.82, 2.24) is 9.88 Å². The van der Waals surface area contributed by atoms with Gasteiger partial charge in [-0.15, -0.1) is 11.3 Å². The topological polar surface area (TPSA) is 51.4 Å². The van der Waals surface area contributed by atoms with Gasteiger partial charge in [0.1, 0.15) is 0 Å². The van der Waals surface area contributed by atoms with Gasteiger partial charge in [-0.1, -0.05) is 0 Å². The van der Waals surface area contributed by atoms with E-state index in [-0.39, 0.29) is 0 Å². The maximum absolute atomic E-state index is 5.89. The van der Waals surface area contributed by atoms with Gasteiger partial charge in [0.15, 0.2) is 0 Å². The first-order valence-electron chi connectivity index (χ1n) is 6.13. The van der Waals surface area contributed by atoms with E-state index in [0.29, 0.717) is 24.7 Å². The van der Waals surface area contributed by atoms with E-state index in [9.17, 15) is 0 Å². The molecule has 96 valence electrons. The SMILES string of the molecule is COC1CCN(C(C)c2cncs2)C(CN)C1. The fourth-order valence-electron chi connectivity index (χ4n) is 2.58. The normalized spacial score (nSPS) is 28.2. The monoisotopic (exact) mass is 255 g/mol. The maximum atomic E-state index is 5.89. The van der Waals surface area contributed by atoms with Crippen molar-refractivity contribution in [3.8, 4) is 0 Å². The van der Waals surface area contributed by atoms with Crippen molar-refractivity contribution in [3.05, 3.63) is 16.6 Å². The van der Waals surface area contributed by atoms with E-state index in [4.69, 9.17) is 10.5 Å². The molecule has 3 atom stereocenters. The zero-order chi connectivity index (χ0) is 12.3. The average Bonchev–Trinajstić information content (AvgIpc) is 2.91. The van der Waals surface area contributed by atoms with Crippen LogP contribution in [0.3, 0.4) is 0 Å². The van der Waals surface area contributed by atoms with Crippen LogP contribution in [0.2, 0.25) is 0 Å². The number of methoxy groups -OCH3 is 1. The number of rotatable bonds is 4. The van der Waals surface area contributed by atoms with Crippen LogP contribution < -0.4 is 5.73 Å². The van der Waals surface area contributed by atoms with Crippen LogP contribution in [0.4, 0.5) is 0 Å². The highest BCUT2D eigenvalue weighted by molar-refractivity contribution is 7.09. The lowest BCUT2D eigenvalue weighted by atomic mass is 9.97. The minimum atomic E-state index is 0.369. The minimum absolute atomic E-state index is 0.369. The van der Waals surface area contributed by atoms with E-state index in [1.165, 1.54) is 4.88 Å². The van der Waals surface area contributed by atoms with Crippen LogP contribution in [-0.4, -0.2) is 42.2 Å². The first kappa shape index (κ1) is 13.0. The lowest BCUT2D eigenvalue weighted by Gasteiger charge is -2.41. The molecule has 1 aromatic rings. The van der Waals surface area contributed by atoms with Crippen LogP contribution >= 0.6 is 11.3 Å². The second kappa shape index (κ2) is 5.91. The minimum Gasteiger partial charge on any atom is -0.381 e. The highest BCUT2D eigenvalue weighted by Gasteiger charge is 2.31. The predicted octanol–water partition coefficient (Wildman–Crippen LogP) is 1.64. The smallest absolute Gasteiger partial charge is 0.0794 e. The van der Waals surface area contributed by atoms with Crippen LogP contribution in [0.5, 0.6) is 0 Å². The molecule has 2 rings (SSSR count). The molecule has 0 saturated carbocycles. The Bertz CT molecular complexity index is 331. The third kappa shape index (κ3) is 2.85. The quantitative estimate of drug-likeness (QED) is 0.888. The second-order valence-corrected chi connectivity index (χ2v) is 5.51. The molecule has 0 bridgehead atoms. The van der Waals surface area contributed by atoms with Crippen molar-refractivity contribution in [2.75, 3.05) is 20.2 Å². The zero-order valence-corrected chi connectivity index (χ0v) is 11.3. The molecule has 1 fully saturated rings. The molecule has 1 aliphatic rings. The van der Waals surface area contributed by atoms with Crippen LogP contribution in [0.15, 0.2) is 11.7 Å². The van der Waals surface area contributed by atoms with E-state index in [1.54, 1.807) is 18.4 Å². The summed E-state index contributed by atoms with van der Waals surface area (Å²) in [5.74, 6) is 0. The molecule has 1 aromatic heterocycles. The Morgan fingerprint density at radius 3 is 3.12 bits per heavy atom. The molecule has 0 aromatic carbocycles. The summed E-state index contributed by atoms with van der Waals surface area (Å²) in [6.07, 6.45) is 4.46. The van der Waals surface area contributed by atoms with Gasteiger partial charge >= 0.3 is 0 Å². The number of nitrogens with zero attached hydrogens (tertiary/aromatic N) is 2. The van der Waals surface area contributed by atoms with E-state index in [0.717, 1.165) is 19.4 Å². The van der Waals surface area contributed by atoms with Gasteiger partial charge in [0.25, 0.3) is 0 Å². The summed E-state index contributed by atoms with van der Waals surface area (Å²) < 4.78 is 5.45. The Balaban J connectivity index is 2.04. The highest BCUT2D eigenvalue weighted by atomic mass is 32.1. The molecule has 2 heterocycles. The Morgan fingerprint density at radius 1 is 1.71 bits per heavy atom. The van der Waals surface area contributed by atoms with Gasteiger partial charge in [0.2, 0.25) is 0 Å². The van der Waals surface area contributed by atoms with Crippen LogP contribution in [0, 0.1) is 0 Å². The molecule has 1 aliphatic heterocycles. The largest absolute Gasteiger partial charge is 0.381 e. The number of hydrogen-bond donors (Lipinski definition) is 1. The first-order valence-corrected chi connectivity index (χ1v) is 7.01. The third-order valence-electron chi connectivity index (χ3n) is 3.68. The molecule has 4 nitrogen and oxygen atoms in total. The number of likely N-dealkylation sites (tertiary alicyclic amines) is 1. The molecule has 0 aliphatic carbocycles. The molecule has 0 amide bonds. The van der Waals surface area contributed by atoms with Crippen molar-refractivity contribution in [3.63, 3.8) is 0 Å². The molecule has 0 spiro atoms. The van der Waals surface area contributed by atoms with Gasteiger partial charge in [0, 0.05) is 43.4 Å². The van der Waals surface area contributed by atoms with Crippen LogP contribution in [0.25, 0.3) is 0 Å². The summed E-state index contributed by atoms with van der Waals surface area (Å²) in [5.41, 5.74) is 7.79. The Labute approximate surface area is 107 Å². The van der Waals surface area contributed by atoms with Crippen molar-refractivity contribution >= 4 is 11.3 Å². The molecule has 0 radical (unpaired) electrons. The molecule has 17 heavy (non-hydrogen) atoms. The number of ether oxygens (including phenoxy) is 1. The lowest BCUT2D eigenvalue weighted by molar-refractivity contribution is -0.00110. The van der Waals surface area contributed by atoms with Crippen LogP contribution in [-0.2, 0) is 4.74 Å². The molecular formula is C12H21N3OS. The molecule has 2 N–H and O–H groups in total. The van der Waals surface area contributed by atoms with Crippen molar-refractivity contribution in [2.24, 2.45) is 5.73 Å². The van der Waals surface area contributed by atoms with Gasteiger partial charge in [0.05, 0.1) is 11.6 Å². The van der Waals surface area contributed by atoms with E-state index in [2.05, 4.69) is 16.8 Å². The molecule has 1 saturated heterocycles. The lowest BCUT2D eigenvalue weighted by Crippen LogP contribution is -2.49. The highest BCUT2D eigenvalue weighted by Crippen LogP contribution is 2.30. The molecule has 5 heteroatoms. The van der Waals surface area contributed by atoms with Gasteiger partial charge in [-0.2, -0.15) is 0 Å². The predicted molar refractivity (Wildman–Crippen MR) is 70.1 cm³/mol. The third-order valence-corrected chi connectivity index (χ3v) is 4.63. The summed E-state index contributed by atoms with van der Waals surface area (Å²) in [4.78, 5) is 7.96. The first-order chi connectivity index (χ1) is 8.26. The van der Waals surface area contributed by atoms with E-state index >= 15 is 0 Å². The number of nitrogens with two attached hydrogens (primary N) is 1. The Hall–Kier alpha value is -0.490. The van der Waals surface area contributed by atoms with Gasteiger partial charge in [-0.05, 0) is 19.8 Å². The van der Waals surface area contributed by atoms with Crippen molar-refractivity contribution in [2.45, 2.75) is 38.0 Å². The Kier molecular flexibility index (Phi) is 4.50. The van der Waals surface area contributed by atoms with E-state index < -0.39 is 0 Å². The molecule has 3 unspecified atom stereocenters.